The minimum atomic E-state index is -1.20. The van der Waals surface area contributed by atoms with Crippen LogP contribution in [0.2, 0.25) is 0 Å². The molecule has 0 fully saturated rings. The number of carbonyl (C=O) groups is 2. The monoisotopic (exact) mass is 225 g/mol. The first-order valence-electron chi connectivity index (χ1n) is 3.92. The van der Waals surface area contributed by atoms with Gasteiger partial charge in [-0.3, -0.25) is 9.59 Å². The molecular formula is C8H16ClNO4. The summed E-state index contributed by atoms with van der Waals surface area (Å²) in [7, 11) is 0. The molecule has 0 aromatic rings. The van der Waals surface area contributed by atoms with Gasteiger partial charge in [0.1, 0.15) is 11.6 Å². The van der Waals surface area contributed by atoms with E-state index in [-0.39, 0.29) is 18.8 Å². The minimum absolute atomic E-state index is 0. The predicted octanol–water partition coefficient (Wildman–Crippen LogP) is 0.552. The number of hydrogen-bond acceptors (Lipinski definition) is 4. The predicted molar refractivity (Wildman–Crippen MR) is 53.3 cm³/mol. The highest BCUT2D eigenvalue weighted by molar-refractivity contribution is 5.85. The van der Waals surface area contributed by atoms with Gasteiger partial charge in [0.25, 0.3) is 0 Å². The van der Waals surface area contributed by atoms with Crippen LogP contribution in [0.4, 0.5) is 0 Å². The van der Waals surface area contributed by atoms with E-state index in [2.05, 4.69) is 0 Å². The largest absolute Gasteiger partial charge is 0.480 e. The van der Waals surface area contributed by atoms with Crippen LogP contribution in [-0.4, -0.2) is 28.7 Å². The molecule has 3 N–H and O–H groups in total. The maximum absolute atomic E-state index is 11.0. The molecule has 0 rings (SSSR count). The molecule has 0 aromatic heterocycles. The van der Waals surface area contributed by atoms with Gasteiger partial charge in [0.15, 0.2) is 0 Å². The van der Waals surface area contributed by atoms with Crippen LogP contribution < -0.4 is 5.73 Å². The smallest absolute Gasteiger partial charge is 0.321 e. The van der Waals surface area contributed by atoms with E-state index in [1.54, 1.807) is 20.8 Å². The average molecular weight is 226 g/mol. The molecule has 0 radical (unpaired) electrons. The molecular weight excluding hydrogens is 210 g/mol. The van der Waals surface area contributed by atoms with Crippen molar-refractivity contribution in [2.75, 3.05) is 0 Å². The van der Waals surface area contributed by atoms with Gasteiger partial charge in [-0.25, -0.2) is 0 Å². The van der Waals surface area contributed by atoms with E-state index in [0.29, 0.717) is 0 Å². The fourth-order valence-corrected chi connectivity index (χ4v) is 0.650. The Morgan fingerprint density at radius 1 is 1.43 bits per heavy atom. The second-order valence-electron chi connectivity index (χ2n) is 3.74. The number of carbonyl (C=O) groups excluding carboxylic acids is 1. The van der Waals surface area contributed by atoms with Crippen molar-refractivity contribution in [1.29, 1.82) is 0 Å². The van der Waals surface area contributed by atoms with Crippen molar-refractivity contribution in [3.8, 4) is 0 Å². The third-order valence-electron chi connectivity index (χ3n) is 1.12. The standard InChI is InChI=1S/C8H15NO4.ClH/c1-8(2,3)13-6(10)4-5(9)7(11)12;/h5H,4,9H2,1-3H3,(H,11,12);1H/t5-;/m0./s1. The maximum atomic E-state index is 11.0. The molecule has 0 spiro atoms. The van der Waals surface area contributed by atoms with Crippen LogP contribution in [0, 0.1) is 0 Å². The molecule has 0 amide bonds. The number of halogens is 1. The molecule has 0 aromatic carbocycles. The number of carboxylic acids is 1. The highest BCUT2D eigenvalue weighted by Gasteiger charge is 2.21. The maximum Gasteiger partial charge on any atom is 0.321 e. The van der Waals surface area contributed by atoms with Crippen LogP contribution in [0.1, 0.15) is 27.2 Å². The van der Waals surface area contributed by atoms with Crippen molar-refractivity contribution < 1.29 is 19.4 Å². The topological polar surface area (TPSA) is 89.6 Å². The number of ether oxygens (including phenoxy) is 1. The Morgan fingerprint density at radius 2 is 1.86 bits per heavy atom. The molecule has 0 aliphatic rings. The molecule has 0 saturated heterocycles. The van der Waals surface area contributed by atoms with Crippen LogP contribution in [-0.2, 0) is 14.3 Å². The molecule has 6 heteroatoms. The van der Waals surface area contributed by atoms with E-state index in [1.165, 1.54) is 0 Å². The average Bonchev–Trinajstić information content (AvgIpc) is 1.81. The summed E-state index contributed by atoms with van der Waals surface area (Å²) in [6.07, 6.45) is -0.299. The molecule has 1 atom stereocenters. The lowest BCUT2D eigenvalue weighted by Gasteiger charge is -2.19. The summed E-state index contributed by atoms with van der Waals surface area (Å²) < 4.78 is 4.88. The van der Waals surface area contributed by atoms with E-state index in [1.807, 2.05) is 0 Å². The van der Waals surface area contributed by atoms with Gasteiger partial charge in [-0.15, -0.1) is 12.4 Å². The molecule has 0 unspecified atom stereocenters. The Balaban J connectivity index is 0. The van der Waals surface area contributed by atoms with Gasteiger partial charge in [-0.05, 0) is 20.8 Å². The zero-order valence-electron chi connectivity index (χ0n) is 8.44. The van der Waals surface area contributed by atoms with Gasteiger partial charge in [0.2, 0.25) is 0 Å². The third-order valence-corrected chi connectivity index (χ3v) is 1.12. The lowest BCUT2D eigenvalue weighted by Crippen LogP contribution is -2.35. The van der Waals surface area contributed by atoms with Crippen molar-refractivity contribution in [2.24, 2.45) is 5.73 Å². The molecule has 0 aliphatic heterocycles. The van der Waals surface area contributed by atoms with E-state index >= 15 is 0 Å². The Morgan fingerprint density at radius 3 is 2.14 bits per heavy atom. The van der Waals surface area contributed by atoms with Crippen LogP contribution in [0.15, 0.2) is 0 Å². The normalized spacial score (nSPS) is 12.6. The van der Waals surface area contributed by atoms with Crippen LogP contribution in [0.3, 0.4) is 0 Å². The number of nitrogens with two attached hydrogens (primary N) is 1. The molecule has 0 saturated carbocycles. The van der Waals surface area contributed by atoms with Gasteiger partial charge in [0.05, 0.1) is 6.42 Å². The van der Waals surface area contributed by atoms with Crippen LogP contribution in [0.25, 0.3) is 0 Å². The quantitative estimate of drug-likeness (QED) is 0.685. The Labute approximate surface area is 89.0 Å². The first-order chi connectivity index (χ1) is 5.72. The zero-order chi connectivity index (χ0) is 10.6. The molecule has 0 heterocycles. The first-order valence-corrected chi connectivity index (χ1v) is 3.92. The summed E-state index contributed by atoms with van der Waals surface area (Å²) in [5.41, 5.74) is 4.53. The lowest BCUT2D eigenvalue weighted by molar-refractivity contribution is -0.157. The molecule has 14 heavy (non-hydrogen) atoms. The summed E-state index contributed by atoms with van der Waals surface area (Å²) in [4.78, 5) is 21.3. The number of rotatable bonds is 3. The highest BCUT2D eigenvalue weighted by atomic mass is 35.5. The van der Waals surface area contributed by atoms with Crippen molar-refractivity contribution in [3.05, 3.63) is 0 Å². The molecule has 0 aliphatic carbocycles. The second kappa shape index (κ2) is 5.82. The Hall–Kier alpha value is -0.810. The summed E-state index contributed by atoms with van der Waals surface area (Å²) in [5, 5.41) is 8.40. The summed E-state index contributed by atoms with van der Waals surface area (Å²) in [6, 6.07) is -1.19. The summed E-state index contributed by atoms with van der Waals surface area (Å²) >= 11 is 0. The van der Waals surface area contributed by atoms with Crippen LogP contribution >= 0.6 is 12.4 Å². The fourth-order valence-electron chi connectivity index (χ4n) is 0.650. The van der Waals surface area contributed by atoms with Crippen molar-refractivity contribution in [2.45, 2.75) is 38.8 Å². The Kier molecular flexibility index (Phi) is 6.51. The summed E-state index contributed by atoms with van der Waals surface area (Å²) in [5.74, 6) is -1.80. The second-order valence-corrected chi connectivity index (χ2v) is 3.74. The van der Waals surface area contributed by atoms with E-state index in [0.717, 1.165) is 0 Å². The van der Waals surface area contributed by atoms with Crippen LogP contribution in [0.5, 0.6) is 0 Å². The number of carboxylic acid groups (broad SMARTS) is 1. The molecule has 84 valence electrons. The molecule has 0 bridgehead atoms. The van der Waals surface area contributed by atoms with Crippen molar-refractivity contribution in [3.63, 3.8) is 0 Å². The number of hydrogen-bond donors (Lipinski definition) is 2. The molecule has 5 nitrogen and oxygen atoms in total. The zero-order valence-corrected chi connectivity index (χ0v) is 9.26. The van der Waals surface area contributed by atoms with Gasteiger partial charge in [-0.2, -0.15) is 0 Å². The van der Waals surface area contributed by atoms with E-state index in [4.69, 9.17) is 15.6 Å². The van der Waals surface area contributed by atoms with E-state index in [9.17, 15) is 9.59 Å². The highest BCUT2D eigenvalue weighted by Crippen LogP contribution is 2.08. The van der Waals surface area contributed by atoms with Gasteiger partial charge in [0, 0.05) is 0 Å². The lowest BCUT2D eigenvalue weighted by atomic mass is 10.2. The van der Waals surface area contributed by atoms with Gasteiger partial charge in [-0.1, -0.05) is 0 Å². The number of esters is 1. The summed E-state index contributed by atoms with van der Waals surface area (Å²) in [6.45, 7) is 5.12. The minimum Gasteiger partial charge on any atom is -0.480 e. The first kappa shape index (κ1) is 15.7. The third kappa shape index (κ3) is 7.82. The Bertz CT molecular complexity index is 212. The van der Waals surface area contributed by atoms with Gasteiger partial charge < -0.3 is 15.6 Å². The van der Waals surface area contributed by atoms with Crippen molar-refractivity contribution in [1.82, 2.24) is 0 Å². The SMILES string of the molecule is CC(C)(C)OC(=O)C[C@H](N)C(=O)O.Cl. The van der Waals surface area contributed by atoms with Crippen molar-refractivity contribution >= 4 is 24.3 Å². The van der Waals surface area contributed by atoms with E-state index < -0.39 is 23.6 Å². The van der Waals surface area contributed by atoms with Gasteiger partial charge >= 0.3 is 11.9 Å². The number of aliphatic carboxylic acids is 1. The fraction of sp³-hybridized carbons (Fsp3) is 0.750.